The summed E-state index contributed by atoms with van der Waals surface area (Å²) < 4.78 is 16.9. The van der Waals surface area contributed by atoms with E-state index in [9.17, 15) is 14.4 Å². The molecular formula is C65H116O6. The van der Waals surface area contributed by atoms with E-state index >= 15 is 0 Å². The van der Waals surface area contributed by atoms with Gasteiger partial charge < -0.3 is 14.2 Å². The molecule has 0 amide bonds. The molecule has 0 radical (unpaired) electrons. The Morgan fingerprint density at radius 3 is 0.817 bits per heavy atom. The highest BCUT2D eigenvalue weighted by Crippen LogP contribution is 2.16. The van der Waals surface area contributed by atoms with E-state index in [1.54, 1.807) is 0 Å². The lowest BCUT2D eigenvalue weighted by Gasteiger charge is -2.18. The summed E-state index contributed by atoms with van der Waals surface area (Å²) in [6.07, 6.45) is 75.1. The molecule has 1 atom stereocenters. The number of hydrogen-bond acceptors (Lipinski definition) is 6. The van der Waals surface area contributed by atoms with Crippen LogP contribution >= 0.6 is 0 Å². The predicted molar refractivity (Wildman–Crippen MR) is 307 cm³/mol. The lowest BCUT2D eigenvalue weighted by atomic mass is 10.0. The summed E-state index contributed by atoms with van der Waals surface area (Å²) in [5, 5.41) is 0. The van der Waals surface area contributed by atoms with Gasteiger partial charge in [0, 0.05) is 19.3 Å². The Kier molecular flexibility index (Phi) is 57.2. The number of ether oxygens (including phenoxy) is 3. The second kappa shape index (κ2) is 59.7. The highest BCUT2D eigenvalue weighted by atomic mass is 16.6. The number of hydrogen-bond donors (Lipinski definition) is 0. The highest BCUT2D eigenvalue weighted by molar-refractivity contribution is 5.71. The molecule has 0 saturated heterocycles. The molecule has 0 spiro atoms. The van der Waals surface area contributed by atoms with Gasteiger partial charge >= 0.3 is 17.9 Å². The molecule has 0 fully saturated rings. The van der Waals surface area contributed by atoms with Crippen LogP contribution in [0.15, 0.2) is 60.8 Å². The second-order valence-electron chi connectivity index (χ2n) is 20.6. The van der Waals surface area contributed by atoms with E-state index in [-0.39, 0.29) is 31.1 Å². The van der Waals surface area contributed by atoms with Crippen molar-refractivity contribution in [1.82, 2.24) is 0 Å². The molecular weight excluding hydrogens is 877 g/mol. The van der Waals surface area contributed by atoms with Gasteiger partial charge in [-0.05, 0) is 89.9 Å². The van der Waals surface area contributed by atoms with E-state index in [1.165, 1.54) is 186 Å². The van der Waals surface area contributed by atoms with Crippen molar-refractivity contribution < 1.29 is 28.6 Å². The Hall–Kier alpha value is -2.89. The third-order valence-corrected chi connectivity index (χ3v) is 13.5. The molecule has 0 rings (SSSR count). The number of allylic oxidation sites excluding steroid dienone is 10. The van der Waals surface area contributed by atoms with Crippen molar-refractivity contribution in [3.8, 4) is 0 Å². The monoisotopic (exact) mass is 993 g/mol. The summed E-state index contributed by atoms with van der Waals surface area (Å²) in [6, 6.07) is 0. The van der Waals surface area contributed by atoms with Crippen LogP contribution in [0.5, 0.6) is 0 Å². The predicted octanol–water partition coefficient (Wildman–Crippen LogP) is 20.8. The van der Waals surface area contributed by atoms with E-state index in [2.05, 4.69) is 81.5 Å². The first kappa shape index (κ1) is 68.1. The summed E-state index contributed by atoms with van der Waals surface area (Å²) in [4.78, 5) is 38.1. The van der Waals surface area contributed by atoms with Crippen LogP contribution in [0.25, 0.3) is 0 Å². The molecule has 6 heteroatoms. The van der Waals surface area contributed by atoms with Gasteiger partial charge in [0.05, 0.1) is 0 Å². The van der Waals surface area contributed by atoms with Crippen molar-refractivity contribution in [3.05, 3.63) is 60.8 Å². The molecule has 0 N–H and O–H groups in total. The molecule has 0 aliphatic heterocycles. The molecule has 0 aromatic rings. The van der Waals surface area contributed by atoms with Crippen LogP contribution in [0.2, 0.25) is 0 Å². The topological polar surface area (TPSA) is 78.9 Å². The fourth-order valence-electron chi connectivity index (χ4n) is 8.83. The van der Waals surface area contributed by atoms with Gasteiger partial charge in [0.25, 0.3) is 0 Å². The molecule has 6 nitrogen and oxygen atoms in total. The summed E-state index contributed by atoms with van der Waals surface area (Å²) in [5.74, 6) is -0.880. The Labute approximate surface area is 440 Å². The summed E-state index contributed by atoms with van der Waals surface area (Å²) in [5.41, 5.74) is 0. The first-order valence-corrected chi connectivity index (χ1v) is 30.8. The normalized spacial score (nSPS) is 12.4. The van der Waals surface area contributed by atoms with E-state index in [0.717, 1.165) is 89.9 Å². The molecule has 0 heterocycles. The van der Waals surface area contributed by atoms with Crippen LogP contribution in [0.1, 0.15) is 316 Å². The maximum Gasteiger partial charge on any atom is 0.306 e. The maximum atomic E-state index is 12.9. The Bertz CT molecular complexity index is 1280. The van der Waals surface area contributed by atoms with Crippen molar-refractivity contribution >= 4 is 17.9 Å². The zero-order valence-corrected chi connectivity index (χ0v) is 47.2. The van der Waals surface area contributed by atoms with E-state index < -0.39 is 6.10 Å². The van der Waals surface area contributed by atoms with Crippen molar-refractivity contribution in [2.75, 3.05) is 13.2 Å². The maximum absolute atomic E-state index is 12.9. The smallest absolute Gasteiger partial charge is 0.306 e. The molecule has 0 saturated carbocycles. The van der Waals surface area contributed by atoms with E-state index in [1.807, 2.05) is 0 Å². The van der Waals surface area contributed by atoms with Gasteiger partial charge in [0.1, 0.15) is 13.2 Å². The fourth-order valence-corrected chi connectivity index (χ4v) is 8.83. The number of esters is 3. The van der Waals surface area contributed by atoms with Crippen LogP contribution in [0, 0.1) is 0 Å². The van der Waals surface area contributed by atoms with Gasteiger partial charge in [-0.1, -0.05) is 268 Å². The third kappa shape index (κ3) is 57.9. The molecule has 0 aromatic heterocycles. The minimum atomic E-state index is -0.779. The number of carbonyl (C=O) groups is 3. The SMILES string of the molecule is CCCCC/C=C\C/C=C\C/C=C\CCCCCCCCC(=O)OC(COC(=O)CCCCCCCCCCC)COC(=O)CCCCCCCCCCCCCCC/C=C\C/C=C\CCCCCCC. The van der Waals surface area contributed by atoms with Crippen molar-refractivity contribution in [2.24, 2.45) is 0 Å². The summed E-state index contributed by atoms with van der Waals surface area (Å²) in [6.45, 7) is 6.60. The standard InChI is InChI=1S/C65H116O6/c1-4-7-10-13-16-19-21-23-25-27-29-30-31-32-33-34-36-37-39-41-43-46-49-52-55-58-64(67)70-61-62(60-69-63(66)57-54-51-48-45-18-15-12-9-6-3)71-65(68)59-56-53-50-47-44-42-40-38-35-28-26-24-22-20-17-14-11-8-5-2/h17,20-21,23-24,26-27,29,35,38,62H,4-16,18-19,22,25,28,30-34,36-37,39-61H2,1-3H3/b20-17-,23-21-,26-24-,29-27-,38-35-. The second-order valence-corrected chi connectivity index (χ2v) is 20.6. The van der Waals surface area contributed by atoms with Gasteiger partial charge in [-0.15, -0.1) is 0 Å². The van der Waals surface area contributed by atoms with Crippen LogP contribution in [0.4, 0.5) is 0 Å². The lowest BCUT2D eigenvalue weighted by Crippen LogP contribution is -2.30. The van der Waals surface area contributed by atoms with Crippen LogP contribution in [-0.4, -0.2) is 37.2 Å². The van der Waals surface area contributed by atoms with Gasteiger partial charge in [-0.25, -0.2) is 0 Å². The van der Waals surface area contributed by atoms with Crippen molar-refractivity contribution in [2.45, 2.75) is 322 Å². The molecule has 0 aromatic carbocycles. The first-order valence-electron chi connectivity index (χ1n) is 30.8. The number of carbonyl (C=O) groups excluding carboxylic acids is 3. The minimum absolute atomic E-state index is 0.0772. The Balaban J connectivity index is 4.22. The average molecular weight is 994 g/mol. The highest BCUT2D eigenvalue weighted by Gasteiger charge is 2.19. The van der Waals surface area contributed by atoms with Gasteiger partial charge in [-0.2, -0.15) is 0 Å². The molecule has 1 unspecified atom stereocenters. The van der Waals surface area contributed by atoms with Crippen LogP contribution in [0.3, 0.4) is 0 Å². The quantitative estimate of drug-likeness (QED) is 0.0261. The number of unbranched alkanes of at least 4 members (excludes halogenated alkanes) is 35. The zero-order valence-electron chi connectivity index (χ0n) is 47.2. The molecule has 71 heavy (non-hydrogen) atoms. The van der Waals surface area contributed by atoms with Crippen molar-refractivity contribution in [1.29, 1.82) is 0 Å². The molecule has 0 aliphatic carbocycles. The number of rotatable bonds is 56. The van der Waals surface area contributed by atoms with Crippen molar-refractivity contribution in [3.63, 3.8) is 0 Å². The largest absolute Gasteiger partial charge is 0.462 e. The lowest BCUT2D eigenvalue weighted by molar-refractivity contribution is -0.167. The average Bonchev–Trinajstić information content (AvgIpc) is 3.37. The molecule has 412 valence electrons. The van der Waals surface area contributed by atoms with Gasteiger partial charge in [-0.3, -0.25) is 14.4 Å². The molecule has 0 aliphatic rings. The van der Waals surface area contributed by atoms with Gasteiger partial charge in [0.2, 0.25) is 0 Å². The zero-order chi connectivity index (χ0) is 51.4. The van der Waals surface area contributed by atoms with Gasteiger partial charge in [0.15, 0.2) is 6.10 Å². The van der Waals surface area contributed by atoms with E-state index in [0.29, 0.717) is 19.3 Å². The summed E-state index contributed by atoms with van der Waals surface area (Å²) >= 11 is 0. The van der Waals surface area contributed by atoms with Crippen LogP contribution in [-0.2, 0) is 28.6 Å². The molecule has 0 bridgehead atoms. The Morgan fingerprint density at radius 2 is 0.507 bits per heavy atom. The summed E-state index contributed by atoms with van der Waals surface area (Å²) in [7, 11) is 0. The van der Waals surface area contributed by atoms with E-state index in [4.69, 9.17) is 14.2 Å². The third-order valence-electron chi connectivity index (χ3n) is 13.5. The minimum Gasteiger partial charge on any atom is -0.462 e. The van der Waals surface area contributed by atoms with Crippen LogP contribution < -0.4 is 0 Å². The Morgan fingerprint density at radius 1 is 0.282 bits per heavy atom. The fraction of sp³-hybridized carbons (Fsp3) is 0.800. The first-order chi connectivity index (χ1) is 35.0.